The van der Waals surface area contributed by atoms with Crippen molar-refractivity contribution in [1.82, 2.24) is 0 Å². The lowest BCUT2D eigenvalue weighted by atomic mass is 10.1. The lowest BCUT2D eigenvalue weighted by Gasteiger charge is -2.07. The van der Waals surface area contributed by atoms with Gasteiger partial charge in [-0.25, -0.2) is 9.59 Å². The monoisotopic (exact) mass is 284 g/mol. The van der Waals surface area contributed by atoms with Crippen molar-refractivity contribution in [2.24, 2.45) is 0 Å². The van der Waals surface area contributed by atoms with E-state index in [-0.39, 0.29) is 0 Å². The minimum atomic E-state index is -0.429. The zero-order valence-electron chi connectivity index (χ0n) is 12.2. The van der Waals surface area contributed by atoms with E-state index in [1.165, 1.54) is 7.11 Å². The summed E-state index contributed by atoms with van der Waals surface area (Å²) < 4.78 is 9.88. The Morgan fingerprint density at radius 1 is 0.810 bits per heavy atom. The Hall–Kier alpha value is -2.62. The van der Waals surface area contributed by atoms with Crippen LogP contribution in [0.2, 0.25) is 0 Å². The second-order valence-corrected chi connectivity index (χ2v) is 4.70. The molecule has 0 atom stereocenters. The Morgan fingerprint density at radius 2 is 1.43 bits per heavy atom. The Labute approximate surface area is 123 Å². The SMILES string of the molecule is COC(=O)c1ccc(OC(=O)c2ccc(C)c(C)c2)cc1. The average molecular weight is 284 g/mol. The molecule has 0 radical (unpaired) electrons. The fourth-order valence-corrected chi connectivity index (χ4v) is 1.81. The van der Waals surface area contributed by atoms with Crippen molar-refractivity contribution in [1.29, 1.82) is 0 Å². The molecule has 0 aliphatic rings. The van der Waals surface area contributed by atoms with Crippen LogP contribution in [0.15, 0.2) is 42.5 Å². The van der Waals surface area contributed by atoms with E-state index in [9.17, 15) is 9.59 Å². The Kier molecular flexibility index (Phi) is 4.38. The molecule has 108 valence electrons. The largest absolute Gasteiger partial charge is 0.465 e. The van der Waals surface area contributed by atoms with Crippen LogP contribution in [0.1, 0.15) is 31.8 Å². The maximum absolute atomic E-state index is 12.0. The van der Waals surface area contributed by atoms with Crippen LogP contribution in [0.5, 0.6) is 5.75 Å². The topological polar surface area (TPSA) is 52.6 Å². The molecule has 0 aliphatic heterocycles. The van der Waals surface area contributed by atoms with E-state index >= 15 is 0 Å². The summed E-state index contributed by atoms with van der Waals surface area (Å²) in [6.07, 6.45) is 0. The van der Waals surface area contributed by atoms with Crippen molar-refractivity contribution in [3.8, 4) is 5.75 Å². The average Bonchev–Trinajstić information content (AvgIpc) is 2.50. The first-order valence-corrected chi connectivity index (χ1v) is 6.49. The van der Waals surface area contributed by atoms with Crippen molar-refractivity contribution in [2.45, 2.75) is 13.8 Å². The fraction of sp³-hybridized carbons (Fsp3) is 0.176. The molecule has 4 heteroatoms. The van der Waals surface area contributed by atoms with E-state index < -0.39 is 11.9 Å². The summed E-state index contributed by atoms with van der Waals surface area (Å²) in [5, 5.41) is 0. The first-order valence-electron chi connectivity index (χ1n) is 6.49. The van der Waals surface area contributed by atoms with Gasteiger partial charge in [-0.3, -0.25) is 0 Å². The van der Waals surface area contributed by atoms with Gasteiger partial charge < -0.3 is 9.47 Å². The number of hydrogen-bond acceptors (Lipinski definition) is 4. The minimum absolute atomic E-state index is 0.380. The van der Waals surface area contributed by atoms with Crippen LogP contribution in [0, 0.1) is 13.8 Å². The molecule has 2 rings (SSSR count). The smallest absolute Gasteiger partial charge is 0.343 e. The molecule has 0 saturated heterocycles. The molecule has 2 aromatic rings. The van der Waals surface area contributed by atoms with Gasteiger partial charge in [-0.2, -0.15) is 0 Å². The highest BCUT2D eigenvalue weighted by atomic mass is 16.5. The Balaban J connectivity index is 2.12. The molecule has 0 N–H and O–H groups in total. The second kappa shape index (κ2) is 6.22. The van der Waals surface area contributed by atoms with Gasteiger partial charge in [0.05, 0.1) is 18.2 Å². The first-order chi connectivity index (χ1) is 10.0. The van der Waals surface area contributed by atoms with Gasteiger partial charge in [0.15, 0.2) is 0 Å². The van der Waals surface area contributed by atoms with Crippen LogP contribution in [-0.2, 0) is 4.74 Å². The highest BCUT2D eigenvalue weighted by Crippen LogP contribution is 2.16. The van der Waals surface area contributed by atoms with Gasteiger partial charge >= 0.3 is 11.9 Å². The Bertz CT molecular complexity index is 672. The summed E-state index contributed by atoms with van der Waals surface area (Å²) in [5.41, 5.74) is 3.05. The molecule has 0 spiro atoms. The zero-order chi connectivity index (χ0) is 15.4. The van der Waals surface area contributed by atoms with Crippen LogP contribution in [0.25, 0.3) is 0 Å². The molecule has 0 amide bonds. The van der Waals surface area contributed by atoms with Crippen molar-refractivity contribution < 1.29 is 19.1 Å². The predicted molar refractivity (Wildman–Crippen MR) is 78.7 cm³/mol. The van der Waals surface area contributed by atoms with E-state index in [1.54, 1.807) is 36.4 Å². The zero-order valence-corrected chi connectivity index (χ0v) is 12.2. The maximum Gasteiger partial charge on any atom is 0.343 e. The van der Waals surface area contributed by atoms with E-state index in [0.717, 1.165) is 11.1 Å². The van der Waals surface area contributed by atoms with E-state index in [4.69, 9.17) is 4.74 Å². The van der Waals surface area contributed by atoms with Gasteiger partial charge in [0.25, 0.3) is 0 Å². The molecule has 0 unspecified atom stereocenters. The third kappa shape index (κ3) is 3.48. The van der Waals surface area contributed by atoms with Gasteiger partial charge in [-0.05, 0) is 61.4 Å². The molecule has 0 bridgehead atoms. The number of esters is 2. The Morgan fingerprint density at radius 3 is 2.00 bits per heavy atom. The van der Waals surface area contributed by atoms with E-state index in [0.29, 0.717) is 16.9 Å². The number of carbonyl (C=O) groups is 2. The summed E-state index contributed by atoms with van der Waals surface area (Å²) in [6, 6.07) is 11.6. The first kappa shape index (κ1) is 14.8. The maximum atomic E-state index is 12.0. The van der Waals surface area contributed by atoms with Crippen LogP contribution < -0.4 is 4.74 Å². The van der Waals surface area contributed by atoms with Crippen LogP contribution in [0.4, 0.5) is 0 Å². The molecule has 4 nitrogen and oxygen atoms in total. The molecule has 0 fully saturated rings. The molecular formula is C17H16O4. The van der Waals surface area contributed by atoms with Crippen LogP contribution in [-0.4, -0.2) is 19.0 Å². The summed E-state index contributed by atoms with van der Waals surface area (Å²) in [7, 11) is 1.32. The number of hydrogen-bond donors (Lipinski definition) is 0. The van der Waals surface area contributed by atoms with Crippen LogP contribution in [0.3, 0.4) is 0 Å². The van der Waals surface area contributed by atoms with Gasteiger partial charge in [0.2, 0.25) is 0 Å². The number of carbonyl (C=O) groups excluding carboxylic acids is 2. The molecule has 0 aromatic heterocycles. The summed E-state index contributed by atoms with van der Waals surface area (Å²) >= 11 is 0. The normalized spacial score (nSPS) is 10.0. The van der Waals surface area contributed by atoms with E-state index in [2.05, 4.69) is 4.74 Å². The number of benzene rings is 2. The molecule has 2 aromatic carbocycles. The van der Waals surface area contributed by atoms with Crippen molar-refractivity contribution >= 4 is 11.9 Å². The van der Waals surface area contributed by atoms with Crippen LogP contribution >= 0.6 is 0 Å². The highest BCUT2D eigenvalue weighted by molar-refractivity contribution is 5.92. The third-order valence-electron chi connectivity index (χ3n) is 3.23. The molecule has 0 saturated carbocycles. The highest BCUT2D eigenvalue weighted by Gasteiger charge is 2.10. The van der Waals surface area contributed by atoms with Gasteiger partial charge in [0, 0.05) is 0 Å². The summed E-state index contributed by atoms with van der Waals surface area (Å²) in [5.74, 6) is -0.475. The minimum Gasteiger partial charge on any atom is -0.465 e. The third-order valence-corrected chi connectivity index (χ3v) is 3.23. The van der Waals surface area contributed by atoms with Gasteiger partial charge in [-0.15, -0.1) is 0 Å². The predicted octanol–water partition coefficient (Wildman–Crippen LogP) is 3.31. The van der Waals surface area contributed by atoms with Crippen molar-refractivity contribution in [3.05, 3.63) is 64.7 Å². The molecule has 0 aliphatic carbocycles. The number of methoxy groups -OCH3 is 1. The van der Waals surface area contributed by atoms with Crippen molar-refractivity contribution in [3.63, 3.8) is 0 Å². The lowest BCUT2D eigenvalue weighted by molar-refractivity contribution is 0.0600. The van der Waals surface area contributed by atoms with E-state index in [1.807, 2.05) is 19.9 Å². The summed E-state index contributed by atoms with van der Waals surface area (Å²) in [6.45, 7) is 3.92. The second-order valence-electron chi connectivity index (χ2n) is 4.70. The quantitative estimate of drug-likeness (QED) is 0.641. The molecular weight excluding hydrogens is 268 g/mol. The van der Waals surface area contributed by atoms with Gasteiger partial charge in [-0.1, -0.05) is 6.07 Å². The lowest BCUT2D eigenvalue weighted by Crippen LogP contribution is -2.09. The number of rotatable bonds is 3. The number of aryl methyl sites for hydroxylation is 2. The fourth-order valence-electron chi connectivity index (χ4n) is 1.81. The molecule has 21 heavy (non-hydrogen) atoms. The molecule has 0 heterocycles. The standard InChI is InChI=1S/C17H16O4/c1-11-4-5-14(10-12(11)2)17(19)21-15-8-6-13(7-9-15)16(18)20-3/h4-10H,1-3H3. The summed E-state index contributed by atoms with van der Waals surface area (Å²) in [4.78, 5) is 23.3. The van der Waals surface area contributed by atoms with Gasteiger partial charge in [0.1, 0.15) is 5.75 Å². The number of ether oxygens (including phenoxy) is 2. The van der Waals surface area contributed by atoms with Crippen molar-refractivity contribution in [2.75, 3.05) is 7.11 Å².